The van der Waals surface area contributed by atoms with Gasteiger partial charge >= 0.3 is 0 Å². The van der Waals surface area contributed by atoms with E-state index in [2.05, 4.69) is 16.4 Å². The summed E-state index contributed by atoms with van der Waals surface area (Å²) in [6.07, 6.45) is 3.26. The molecule has 0 atom stereocenters. The molecule has 0 saturated heterocycles. The number of aryl methyl sites for hydroxylation is 1. The Morgan fingerprint density at radius 3 is 2.74 bits per heavy atom. The smallest absolute Gasteiger partial charge is 0.238 e. The minimum atomic E-state index is -3.80. The Morgan fingerprint density at radius 1 is 1.44 bits per heavy atom. The van der Waals surface area contributed by atoms with Gasteiger partial charge in [-0.1, -0.05) is 11.8 Å². The molecule has 3 N–H and O–H groups in total. The first-order valence-electron chi connectivity index (χ1n) is 8.66. The number of sulfonamides is 1. The zero-order valence-electron chi connectivity index (χ0n) is 14.9. The number of carbonyl (C=O) groups excluding carboxylic acids is 1. The quantitative estimate of drug-likeness (QED) is 0.701. The summed E-state index contributed by atoms with van der Waals surface area (Å²) in [5, 5.41) is 18.0. The number of nitrogens with one attached hydrogen (secondary N) is 1. The van der Waals surface area contributed by atoms with Crippen LogP contribution in [0.15, 0.2) is 28.3 Å². The maximum Gasteiger partial charge on any atom is 0.238 e. The minimum absolute atomic E-state index is 0.00208. The lowest BCUT2D eigenvalue weighted by molar-refractivity contribution is -0.119. The molecule has 3 rings (SSSR count). The normalized spacial score (nSPS) is 16.3. The molecule has 1 saturated carbocycles. The van der Waals surface area contributed by atoms with Gasteiger partial charge in [0.05, 0.1) is 27.8 Å². The second-order valence-electron chi connectivity index (χ2n) is 6.57. The number of primary sulfonamides is 1. The van der Waals surface area contributed by atoms with Gasteiger partial charge in [0.1, 0.15) is 5.54 Å². The number of hydrogen-bond donors (Lipinski definition) is 2. The average molecular weight is 408 g/mol. The summed E-state index contributed by atoms with van der Waals surface area (Å²) in [4.78, 5) is 16.8. The minimum Gasteiger partial charge on any atom is -0.337 e. The molecular formula is C17H21N5O3S2. The van der Waals surface area contributed by atoms with Crippen LogP contribution in [0.5, 0.6) is 0 Å². The lowest BCUT2D eigenvalue weighted by atomic mass is 10.0. The fraction of sp³-hybridized carbons (Fsp3) is 0.471. The number of carbonyl (C=O) groups is 1. The lowest BCUT2D eigenvalue weighted by Gasteiger charge is -2.21. The third kappa shape index (κ3) is 4.10. The highest BCUT2D eigenvalue weighted by Crippen LogP contribution is 2.30. The zero-order valence-corrected chi connectivity index (χ0v) is 16.6. The number of amides is 1. The predicted molar refractivity (Wildman–Crippen MR) is 102 cm³/mol. The maximum atomic E-state index is 12.3. The van der Waals surface area contributed by atoms with Crippen molar-refractivity contribution < 1.29 is 13.2 Å². The monoisotopic (exact) mass is 407 g/mol. The third-order valence-corrected chi connectivity index (χ3v) is 6.60. The predicted octanol–water partition coefficient (Wildman–Crippen LogP) is 1.75. The van der Waals surface area contributed by atoms with E-state index in [-0.39, 0.29) is 16.6 Å². The van der Waals surface area contributed by atoms with Gasteiger partial charge < -0.3 is 9.88 Å². The third-order valence-electron chi connectivity index (χ3n) is 4.71. The second-order valence-corrected chi connectivity index (χ2v) is 9.08. The van der Waals surface area contributed by atoms with Crippen molar-refractivity contribution in [1.82, 2.24) is 14.9 Å². The van der Waals surface area contributed by atoms with Crippen molar-refractivity contribution in [3.05, 3.63) is 18.2 Å². The van der Waals surface area contributed by atoms with Crippen molar-refractivity contribution in [2.75, 3.05) is 5.75 Å². The molecule has 0 unspecified atom stereocenters. The van der Waals surface area contributed by atoms with Gasteiger partial charge in [-0.2, -0.15) is 5.26 Å². The molecule has 1 aliphatic carbocycles. The molecule has 1 amide bonds. The first-order chi connectivity index (χ1) is 12.8. The van der Waals surface area contributed by atoms with E-state index in [9.17, 15) is 18.5 Å². The Bertz CT molecular complexity index is 1020. The largest absolute Gasteiger partial charge is 0.337 e. The highest BCUT2D eigenvalue weighted by Gasteiger charge is 2.35. The van der Waals surface area contributed by atoms with Gasteiger partial charge in [0.15, 0.2) is 5.16 Å². The van der Waals surface area contributed by atoms with Crippen LogP contribution in [0.3, 0.4) is 0 Å². The van der Waals surface area contributed by atoms with E-state index in [0.717, 1.165) is 18.4 Å². The fourth-order valence-corrected chi connectivity index (χ4v) is 4.77. The van der Waals surface area contributed by atoms with E-state index in [1.165, 1.54) is 23.9 Å². The number of hydrogen-bond acceptors (Lipinski definition) is 6. The molecule has 1 heterocycles. The van der Waals surface area contributed by atoms with Crippen LogP contribution in [-0.4, -0.2) is 35.2 Å². The summed E-state index contributed by atoms with van der Waals surface area (Å²) in [7, 11) is -3.80. The van der Waals surface area contributed by atoms with Crippen LogP contribution in [0.2, 0.25) is 0 Å². The number of nitrogens with zero attached hydrogens (tertiary/aromatic N) is 3. The molecule has 1 fully saturated rings. The van der Waals surface area contributed by atoms with Crippen LogP contribution in [0.4, 0.5) is 0 Å². The standard InChI is InChI=1S/C17H21N5O3S2/c1-2-22-14-6-5-12(27(19,24)25)9-13(14)20-16(22)26-10-15(23)21-17(11-18)7-3-4-8-17/h5-6,9H,2-4,7-8,10H2,1H3,(H,21,23)(H2,19,24,25). The lowest BCUT2D eigenvalue weighted by Crippen LogP contribution is -2.45. The molecule has 0 bridgehead atoms. The van der Waals surface area contributed by atoms with Gasteiger partial charge in [0.2, 0.25) is 15.9 Å². The molecule has 2 aromatic rings. The molecule has 144 valence electrons. The Kier molecular flexibility index (Phi) is 5.46. The number of rotatable bonds is 6. The number of thioether (sulfide) groups is 1. The van der Waals surface area contributed by atoms with Crippen LogP contribution in [0.1, 0.15) is 32.6 Å². The maximum absolute atomic E-state index is 12.3. The number of nitrogens with two attached hydrogens (primary N) is 1. The summed E-state index contributed by atoms with van der Waals surface area (Å²) in [6, 6.07) is 6.79. The zero-order chi connectivity index (χ0) is 19.7. The van der Waals surface area contributed by atoms with E-state index in [1.54, 1.807) is 6.07 Å². The summed E-state index contributed by atoms with van der Waals surface area (Å²) in [6.45, 7) is 2.57. The van der Waals surface area contributed by atoms with Crippen LogP contribution >= 0.6 is 11.8 Å². The van der Waals surface area contributed by atoms with Crippen molar-refractivity contribution in [3.63, 3.8) is 0 Å². The van der Waals surface area contributed by atoms with Crippen molar-refractivity contribution in [1.29, 1.82) is 5.26 Å². The first-order valence-corrected chi connectivity index (χ1v) is 11.2. The fourth-order valence-electron chi connectivity index (χ4n) is 3.36. The van der Waals surface area contributed by atoms with Crippen molar-refractivity contribution in [2.24, 2.45) is 5.14 Å². The molecule has 0 radical (unpaired) electrons. The Morgan fingerprint density at radius 2 is 2.15 bits per heavy atom. The van der Waals surface area contributed by atoms with Gasteiger partial charge in [0, 0.05) is 6.54 Å². The van der Waals surface area contributed by atoms with Gasteiger partial charge in [-0.3, -0.25) is 4.79 Å². The van der Waals surface area contributed by atoms with E-state index < -0.39 is 15.6 Å². The van der Waals surface area contributed by atoms with Gasteiger partial charge in [-0.25, -0.2) is 18.5 Å². The summed E-state index contributed by atoms with van der Waals surface area (Å²) in [5.41, 5.74) is 0.542. The molecule has 10 heteroatoms. The molecule has 0 aliphatic heterocycles. The van der Waals surface area contributed by atoms with Crippen molar-refractivity contribution >= 4 is 38.7 Å². The van der Waals surface area contributed by atoms with Gasteiger partial charge in [-0.15, -0.1) is 0 Å². The van der Waals surface area contributed by atoms with Crippen molar-refractivity contribution in [2.45, 2.75) is 54.7 Å². The highest BCUT2D eigenvalue weighted by molar-refractivity contribution is 7.99. The second kappa shape index (κ2) is 7.50. The van der Waals surface area contributed by atoms with E-state index >= 15 is 0 Å². The van der Waals surface area contributed by atoms with Crippen LogP contribution in [0.25, 0.3) is 11.0 Å². The van der Waals surface area contributed by atoms with E-state index in [1.807, 2.05) is 11.5 Å². The van der Waals surface area contributed by atoms with E-state index in [0.29, 0.717) is 30.1 Å². The van der Waals surface area contributed by atoms with Crippen molar-refractivity contribution in [3.8, 4) is 6.07 Å². The van der Waals surface area contributed by atoms with Gasteiger partial charge in [-0.05, 0) is 50.8 Å². The molecule has 8 nitrogen and oxygen atoms in total. The first kappa shape index (κ1) is 19.7. The molecular weight excluding hydrogens is 386 g/mol. The molecule has 27 heavy (non-hydrogen) atoms. The van der Waals surface area contributed by atoms with Crippen LogP contribution < -0.4 is 10.5 Å². The Hall–Kier alpha value is -2.09. The summed E-state index contributed by atoms with van der Waals surface area (Å²) >= 11 is 1.26. The van der Waals surface area contributed by atoms with Gasteiger partial charge in [0.25, 0.3) is 0 Å². The average Bonchev–Trinajstić information content (AvgIpc) is 3.22. The Labute approximate surface area is 162 Å². The van der Waals surface area contributed by atoms with Crippen LogP contribution in [-0.2, 0) is 21.4 Å². The molecule has 1 aromatic heterocycles. The highest BCUT2D eigenvalue weighted by atomic mass is 32.2. The topological polar surface area (TPSA) is 131 Å². The molecule has 1 aromatic carbocycles. The molecule has 0 spiro atoms. The summed E-state index contributed by atoms with van der Waals surface area (Å²) < 4.78 is 25.0. The van der Waals surface area contributed by atoms with Crippen LogP contribution in [0, 0.1) is 11.3 Å². The number of aromatic nitrogens is 2. The van der Waals surface area contributed by atoms with E-state index in [4.69, 9.17) is 5.14 Å². The number of imidazole rings is 1. The summed E-state index contributed by atoms with van der Waals surface area (Å²) in [5.74, 6) is -0.0715. The Balaban J connectivity index is 1.78. The number of benzene rings is 1. The number of fused-ring (bicyclic) bond motifs is 1. The molecule has 1 aliphatic rings. The number of nitriles is 1. The SMILES string of the molecule is CCn1c(SCC(=O)NC2(C#N)CCCC2)nc2cc(S(N)(=O)=O)ccc21.